The Labute approximate surface area is 58.7 Å². The van der Waals surface area contributed by atoms with Gasteiger partial charge in [-0.3, -0.25) is 4.79 Å². The Morgan fingerprint density at radius 2 is 2.40 bits per heavy atom. The van der Waals surface area contributed by atoms with Crippen molar-refractivity contribution in [2.24, 2.45) is 0 Å². The summed E-state index contributed by atoms with van der Waals surface area (Å²) in [5, 5.41) is 8.48. The van der Waals surface area contributed by atoms with Crippen LogP contribution in [0.25, 0.3) is 0 Å². The summed E-state index contributed by atoms with van der Waals surface area (Å²) >= 11 is 0. The molecule has 0 bridgehead atoms. The molecule has 0 aromatic rings. The molecule has 1 aliphatic rings. The highest BCUT2D eigenvalue weighted by molar-refractivity contribution is 5.65. The minimum atomic E-state index is -0.313. The van der Waals surface area contributed by atoms with E-state index < -0.39 is 0 Å². The highest BCUT2D eigenvalue weighted by Crippen LogP contribution is 2.20. The van der Waals surface area contributed by atoms with E-state index in [1.165, 1.54) is 6.92 Å². The van der Waals surface area contributed by atoms with Crippen LogP contribution in [0.5, 0.6) is 0 Å². The molecule has 0 amide bonds. The van der Waals surface area contributed by atoms with Gasteiger partial charge in [-0.15, -0.1) is 0 Å². The second kappa shape index (κ2) is 2.98. The first-order valence-corrected chi connectivity index (χ1v) is 3.13. The lowest BCUT2D eigenvalue weighted by molar-refractivity contribution is -0.141. The molecular formula is C6H10O4. The van der Waals surface area contributed by atoms with Crippen LogP contribution in [0.4, 0.5) is 0 Å². The summed E-state index contributed by atoms with van der Waals surface area (Å²) in [6.45, 7) is 1.61. The van der Waals surface area contributed by atoms with Crippen LogP contribution >= 0.6 is 0 Å². The van der Waals surface area contributed by atoms with Crippen LogP contribution in [0.1, 0.15) is 6.92 Å². The second-order valence-electron chi connectivity index (χ2n) is 2.20. The van der Waals surface area contributed by atoms with Crippen molar-refractivity contribution in [3.63, 3.8) is 0 Å². The maximum Gasteiger partial charge on any atom is 0.302 e. The molecule has 0 unspecified atom stereocenters. The van der Waals surface area contributed by atoms with Gasteiger partial charge in [0.2, 0.25) is 0 Å². The van der Waals surface area contributed by atoms with E-state index in [9.17, 15) is 4.79 Å². The van der Waals surface area contributed by atoms with E-state index in [-0.39, 0.29) is 31.4 Å². The number of hydrogen-bond donors (Lipinski definition) is 1. The van der Waals surface area contributed by atoms with E-state index in [0.717, 1.165) is 0 Å². The van der Waals surface area contributed by atoms with Gasteiger partial charge in [-0.2, -0.15) is 0 Å². The molecule has 1 saturated heterocycles. The lowest BCUT2D eigenvalue weighted by atomic mass is 10.3. The number of carbonyl (C=O) groups excluding carboxylic acids is 1. The third kappa shape index (κ3) is 1.97. The molecule has 1 N–H and O–H groups in total. The third-order valence-corrected chi connectivity index (χ3v) is 1.32. The maximum atomic E-state index is 10.2. The minimum absolute atomic E-state index is 0.00588. The van der Waals surface area contributed by atoms with Gasteiger partial charge in [0.05, 0.1) is 6.61 Å². The van der Waals surface area contributed by atoms with Crippen molar-refractivity contribution < 1.29 is 19.4 Å². The quantitative estimate of drug-likeness (QED) is 0.423. The van der Waals surface area contributed by atoms with Crippen molar-refractivity contribution in [3.05, 3.63) is 0 Å². The summed E-state index contributed by atoms with van der Waals surface area (Å²) < 4.78 is 9.51. The van der Waals surface area contributed by atoms with Gasteiger partial charge in [-0.1, -0.05) is 0 Å². The van der Waals surface area contributed by atoms with Crippen molar-refractivity contribution in [1.29, 1.82) is 0 Å². The predicted molar refractivity (Wildman–Crippen MR) is 32.4 cm³/mol. The minimum Gasteiger partial charge on any atom is -0.463 e. The molecule has 0 aliphatic carbocycles. The van der Waals surface area contributed by atoms with Crippen LogP contribution in [-0.2, 0) is 14.3 Å². The highest BCUT2D eigenvalue weighted by atomic mass is 16.6. The molecule has 0 aromatic heterocycles. The molecule has 1 fully saturated rings. The van der Waals surface area contributed by atoms with Crippen LogP contribution in [0, 0.1) is 0 Å². The van der Waals surface area contributed by atoms with E-state index in [1.807, 2.05) is 0 Å². The number of aliphatic hydroxyl groups is 1. The average molecular weight is 146 g/mol. The number of epoxide rings is 1. The summed E-state index contributed by atoms with van der Waals surface area (Å²) in [4.78, 5) is 10.2. The highest BCUT2D eigenvalue weighted by Gasteiger charge is 2.38. The van der Waals surface area contributed by atoms with E-state index in [2.05, 4.69) is 4.74 Å². The Kier molecular flexibility index (Phi) is 2.24. The van der Waals surface area contributed by atoms with Gasteiger partial charge < -0.3 is 14.6 Å². The smallest absolute Gasteiger partial charge is 0.302 e. The average Bonchev–Trinajstić information content (AvgIpc) is 2.61. The van der Waals surface area contributed by atoms with Gasteiger partial charge in [0.25, 0.3) is 0 Å². The largest absolute Gasteiger partial charge is 0.463 e. The van der Waals surface area contributed by atoms with Gasteiger partial charge in [0.1, 0.15) is 18.8 Å². The van der Waals surface area contributed by atoms with E-state index in [0.29, 0.717) is 0 Å². The fourth-order valence-electron chi connectivity index (χ4n) is 0.686. The first-order chi connectivity index (χ1) is 4.74. The zero-order valence-electron chi connectivity index (χ0n) is 5.74. The van der Waals surface area contributed by atoms with Crippen LogP contribution < -0.4 is 0 Å². The number of aliphatic hydroxyl groups excluding tert-OH is 1. The van der Waals surface area contributed by atoms with Crippen LogP contribution in [0.3, 0.4) is 0 Å². The van der Waals surface area contributed by atoms with Gasteiger partial charge >= 0.3 is 5.97 Å². The molecule has 10 heavy (non-hydrogen) atoms. The Balaban J connectivity index is 2.01. The molecule has 4 heteroatoms. The Bertz CT molecular complexity index is 134. The van der Waals surface area contributed by atoms with Gasteiger partial charge in [-0.25, -0.2) is 0 Å². The first kappa shape index (κ1) is 7.50. The Morgan fingerprint density at radius 3 is 2.80 bits per heavy atom. The molecule has 4 nitrogen and oxygen atoms in total. The number of rotatable bonds is 3. The van der Waals surface area contributed by atoms with E-state index in [1.54, 1.807) is 0 Å². The Morgan fingerprint density at radius 1 is 1.70 bits per heavy atom. The zero-order valence-corrected chi connectivity index (χ0v) is 5.74. The van der Waals surface area contributed by atoms with Gasteiger partial charge in [-0.05, 0) is 0 Å². The summed E-state index contributed by atoms with van der Waals surface area (Å²) in [5.74, 6) is -0.313. The second-order valence-corrected chi connectivity index (χ2v) is 2.20. The van der Waals surface area contributed by atoms with Gasteiger partial charge in [0, 0.05) is 6.92 Å². The van der Waals surface area contributed by atoms with E-state index >= 15 is 0 Å². The van der Waals surface area contributed by atoms with Gasteiger partial charge in [0.15, 0.2) is 0 Å². The molecule has 0 aromatic carbocycles. The molecule has 0 saturated carbocycles. The molecule has 2 atom stereocenters. The number of hydrogen-bond acceptors (Lipinski definition) is 4. The monoisotopic (exact) mass is 146 g/mol. The SMILES string of the molecule is CC(=O)OC[C@@H]1O[C@@H]1CO. The summed E-state index contributed by atoms with van der Waals surface area (Å²) in [7, 11) is 0. The van der Waals surface area contributed by atoms with Crippen molar-refractivity contribution in [2.45, 2.75) is 19.1 Å². The molecule has 58 valence electrons. The first-order valence-electron chi connectivity index (χ1n) is 3.13. The topological polar surface area (TPSA) is 59.1 Å². The molecule has 0 spiro atoms. The maximum absolute atomic E-state index is 10.2. The number of ether oxygens (including phenoxy) is 2. The van der Waals surface area contributed by atoms with E-state index in [4.69, 9.17) is 9.84 Å². The standard InChI is InChI=1S/C6H10O4/c1-4(8)9-3-6-5(2-7)10-6/h5-7H,2-3H2,1H3/t5-,6+/m1/s1. The van der Waals surface area contributed by atoms with Crippen LogP contribution in [-0.4, -0.2) is 36.5 Å². The van der Waals surface area contributed by atoms with Crippen molar-refractivity contribution in [3.8, 4) is 0 Å². The van der Waals surface area contributed by atoms with Crippen LogP contribution in [0.15, 0.2) is 0 Å². The fraction of sp³-hybridized carbons (Fsp3) is 0.833. The summed E-state index contributed by atoms with van der Waals surface area (Å²) in [6, 6.07) is 0. The summed E-state index contributed by atoms with van der Waals surface area (Å²) in [6.07, 6.45) is -0.187. The number of esters is 1. The Hall–Kier alpha value is -0.610. The number of carbonyl (C=O) groups is 1. The molecular weight excluding hydrogens is 136 g/mol. The lowest BCUT2D eigenvalue weighted by Gasteiger charge is -1.95. The molecule has 1 aliphatic heterocycles. The van der Waals surface area contributed by atoms with Crippen molar-refractivity contribution in [2.75, 3.05) is 13.2 Å². The lowest BCUT2D eigenvalue weighted by Crippen LogP contribution is -2.09. The molecule has 1 rings (SSSR count). The third-order valence-electron chi connectivity index (χ3n) is 1.32. The van der Waals surface area contributed by atoms with Crippen molar-refractivity contribution >= 4 is 5.97 Å². The predicted octanol–water partition coefficient (Wildman–Crippen LogP) is -0.691. The van der Waals surface area contributed by atoms with Crippen molar-refractivity contribution in [1.82, 2.24) is 0 Å². The molecule has 0 radical (unpaired) electrons. The molecule has 1 heterocycles. The summed E-state index contributed by atoms with van der Waals surface area (Å²) in [5.41, 5.74) is 0. The normalized spacial score (nSPS) is 29.8. The van der Waals surface area contributed by atoms with Crippen LogP contribution in [0.2, 0.25) is 0 Å². The fourth-order valence-corrected chi connectivity index (χ4v) is 0.686. The zero-order chi connectivity index (χ0) is 7.56.